The van der Waals surface area contributed by atoms with Gasteiger partial charge in [-0.3, -0.25) is 9.59 Å². The number of ketones is 1. The van der Waals surface area contributed by atoms with Gasteiger partial charge in [0.25, 0.3) is 0 Å². The minimum atomic E-state index is -0.0286. The highest BCUT2D eigenvalue weighted by Gasteiger charge is 2.24. The lowest BCUT2D eigenvalue weighted by atomic mass is 10.1. The molecule has 86 valence electrons. The molecule has 0 aromatic rings. The Bertz CT molecular complexity index is 238. The average Bonchev–Trinajstić information content (AvgIpc) is 2.40. The van der Waals surface area contributed by atoms with E-state index in [4.69, 9.17) is 0 Å². The number of hydrogen-bond acceptors (Lipinski definition) is 2. The van der Waals surface area contributed by atoms with Crippen LogP contribution in [-0.4, -0.2) is 29.2 Å². The fraction of sp³-hybridized carbons (Fsp3) is 0.833. The molecule has 15 heavy (non-hydrogen) atoms. The topological polar surface area (TPSA) is 37.4 Å². The Balaban J connectivity index is 2.61. The van der Waals surface area contributed by atoms with Gasteiger partial charge < -0.3 is 4.90 Å². The van der Waals surface area contributed by atoms with E-state index in [1.807, 2.05) is 4.90 Å². The number of hydrogen-bond donors (Lipinski definition) is 0. The Morgan fingerprint density at radius 1 is 1.27 bits per heavy atom. The first-order chi connectivity index (χ1) is 7.15. The number of carbonyl (C=O) groups is 2. The van der Waals surface area contributed by atoms with Crippen LogP contribution in [0.4, 0.5) is 0 Å². The van der Waals surface area contributed by atoms with E-state index >= 15 is 0 Å². The Morgan fingerprint density at radius 3 is 2.60 bits per heavy atom. The van der Waals surface area contributed by atoms with Crippen LogP contribution in [0.3, 0.4) is 0 Å². The first-order valence-corrected chi connectivity index (χ1v) is 5.94. The summed E-state index contributed by atoms with van der Waals surface area (Å²) in [5.74, 6) is -0.00431. The minimum Gasteiger partial charge on any atom is -0.339 e. The number of likely N-dealkylation sites (tertiary alicyclic amines) is 1. The van der Waals surface area contributed by atoms with Gasteiger partial charge in [0.1, 0.15) is 5.78 Å². The second kappa shape index (κ2) is 5.89. The van der Waals surface area contributed by atoms with Gasteiger partial charge in [0.15, 0.2) is 0 Å². The molecule has 1 saturated heterocycles. The molecule has 0 aromatic heterocycles. The van der Waals surface area contributed by atoms with E-state index in [-0.39, 0.29) is 18.1 Å². The smallest absolute Gasteiger partial charge is 0.230 e. The SMILES string of the molecule is CCC1CCCCCN1C(=O)CC(C)=O. The van der Waals surface area contributed by atoms with Gasteiger partial charge in [0.2, 0.25) is 5.91 Å². The van der Waals surface area contributed by atoms with Crippen molar-refractivity contribution in [2.45, 2.75) is 58.4 Å². The Morgan fingerprint density at radius 2 is 2.00 bits per heavy atom. The summed E-state index contributed by atoms with van der Waals surface area (Å²) in [6.45, 7) is 4.44. The molecule has 1 rings (SSSR count). The molecule has 1 fully saturated rings. The van der Waals surface area contributed by atoms with Gasteiger partial charge in [-0.15, -0.1) is 0 Å². The van der Waals surface area contributed by atoms with Gasteiger partial charge in [-0.2, -0.15) is 0 Å². The summed E-state index contributed by atoms with van der Waals surface area (Å²) >= 11 is 0. The largest absolute Gasteiger partial charge is 0.339 e. The van der Waals surface area contributed by atoms with Crippen LogP contribution in [-0.2, 0) is 9.59 Å². The van der Waals surface area contributed by atoms with Crippen LogP contribution in [0.2, 0.25) is 0 Å². The van der Waals surface area contributed by atoms with Gasteiger partial charge in [0, 0.05) is 12.6 Å². The van der Waals surface area contributed by atoms with Crippen LogP contribution in [0, 0.1) is 0 Å². The zero-order valence-corrected chi connectivity index (χ0v) is 9.79. The van der Waals surface area contributed by atoms with E-state index in [0.717, 1.165) is 25.8 Å². The molecule has 0 spiro atoms. The summed E-state index contributed by atoms with van der Waals surface area (Å²) < 4.78 is 0. The van der Waals surface area contributed by atoms with Crippen molar-refractivity contribution in [3.05, 3.63) is 0 Å². The van der Waals surface area contributed by atoms with Crippen molar-refractivity contribution in [3.63, 3.8) is 0 Å². The fourth-order valence-electron chi connectivity index (χ4n) is 2.24. The standard InChI is InChI=1S/C12H21NO2/c1-3-11-7-5-4-6-8-13(11)12(15)9-10(2)14/h11H,3-9H2,1-2H3. The molecule has 0 saturated carbocycles. The summed E-state index contributed by atoms with van der Waals surface area (Å²) in [6.07, 6.45) is 5.68. The van der Waals surface area contributed by atoms with Crippen molar-refractivity contribution < 1.29 is 9.59 Å². The molecule has 3 heteroatoms. The first-order valence-electron chi connectivity index (χ1n) is 5.94. The molecule has 1 unspecified atom stereocenters. The lowest BCUT2D eigenvalue weighted by molar-refractivity contribution is -0.136. The molecule has 3 nitrogen and oxygen atoms in total. The van der Waals surface area contributed by atoms with E-state index < -0.39 is 0 Å². The maximum Gasteiger partial charge on any atom is 0.230 e. The van der Waals surface area contributed by atoms with E-state index in [2.05, 4.69) is 6.92 Å². The second-order valence-corrected chi connectivity index (χ2v) is 4.38. The fourth-order valence-corrected chi connectivity index (χ4v) is 2.24. The van der Waals surface area contributed by atoms with Crippen molar-refractivity contribution in [1.29, 1.82) is 0 Å². The molecular formula is C12H21NO2. The van der Waals surface area contributed by atoms with Crippen LogP contribution in [0.1, 0.15) is 52.4 Å². The second-order valence-electron chi connectivity index (χ2n) is 4.38. The zero-order valence-electron chi connectivity index (χ0n) is 9.79. The van der Waals surface area contributed by atoms with Crippen molar-refractivity contribution in [1.82, 2.24) is 4.90 Å². The highest BCUT2D eigenvalue weighted by molar-refractivity contribution is 5.96. The average molecular weight is 211 g/mol. The van der Waals surface area contributed by atoms with E-state index in [0.29, 0.717) is 6.04 Å². The van der Waals surface area contributed by atoms with Crippen LogP contribution in [0.5, 0.6) is 0 Å². The van der Waals surface area contributed by atoms with Crippen LogP contribution < -0.4 is 0 Å². The summed E-state index contributed by atoms with van der Waals surface area (Å²) in [6, 6.07) is 0.361. The van der Waals surface area contributed by atoms with Gasteiger partial charge in [-0.25, -0.2) is 0 Å². The van der Waals surface area contributed by atoms with Crippen molar-refractivity contribution in [3.8, 4) is 0 Å². The van der Waals surface area contributed by atoms with Gasteiger partial charge in [-0.1, -0.05) is 19.8 Å². The van der Waals surface area contributed by atoms with Crippen molar-refractivity contribution in [2.75, 3.05) is 6.54 Å². The molecule has 1 atom stereocenters. The Hall–Kier alpha value is -0.860. The summed E-state index contributed by atoms with van der Waals surface area (Å²) in [5, 5.41) is 0. The molecule has 0 radical (unpaired) electrons. The number of rotatable bonds is 3. The number of nitrogens with zero attached hydrogens (tertiary/aromatic N) is 1. The molecule has 1 aliphatic heterocycles. The molecule has 0 N–H and O–H groups in total. The third kappa shape index (κ3) is 3.65. The van der Waals surface area contributed by atoms with Crippen LogP contribution >= 0.6 is 0 Å². The predicted octanol–water partition coefficient (Wildman–Crippen LogP) is 2.15. The van der Waals surface area contributed by atoms with Crippen molar-refractivity contribution >= 4 is 11.7 Å². The quantitative estimate of drug-likeness (QED) is 0.671. The summed E-state index contributed by atoms with van der Waals surface area (Å²) in [7, 11) is 0. The third-order valence-electron chi connectivity index (χ3n) is 3.07. The maximum absolute atomic E-state index is 11.8. The zero-order chi connectivity index (χ0) is 11.3. The highest BCUT2D eigenvalue weighted by atomic mass is 16.2. The van der Waals surface area contributed by atoms with E-state index in [9.17, 15) is 9.59 Å². The summed E-state index contributed by atoms with van der Waals surface area (Å²) in [4.78, 5) is 24.7. The lowest BCUT2D eigenvalue weighted by Crippen LogP contribution is -2.40. The lowest BCUT2D eigenvalue weighted by Gasteiger charge is -2.29. The van der Waals surface area contributed by atoms with Gasteiger partial charge >= 0.3 is 0 Å². The van der Waals surface area contributed by atoms with Gasteiger partial charge in [-0.05, 0) is 26.2 Å². The molecule has 1 heterocycles. The molecule has 1 amide bonds. The Kier molecular flexibility index (Phi) is 4.79. The van der Waals surface area contributed by atoms with Gasteiger partial charge in [0.05, 0.1) is 6.42 Å². The molecule has 0 aliphatic carbocycles. The number of amides is 1. The Labute approximate surface area is 91.8 Å². The van der Waals surface area contributed by atoms with Crippen LogP contribution in [0.15, 0.2) is 0 Å². The molecule has 0 aromatic carbocycles. The minimum absolute atomic E-state index is 0.0243. The van der Waals surface area contributed by atoms with E-state index in [1.54, 1.807) is 0 Å². The molecular weight excluding hydrogens is 190 g/mol. The number of Topliss-reactive ketones (excluding diaryl/α,β-unsaturated/α-hetero) is 1. The number of carbonyl (C=O) groups excluding carboxylic acids is 2. The first kappa shape index (κ1) is 12.2. The predicted molar refractivity (Wildman–Crippen MR) is 59.6 cm³/mol. The molecule has 1 aliphatic rings. The summed E-state index contributed by atoms with van der Waals surface area (Å²) in [5.41, 5.74) is 0. The third-order valence-corrected chi connectivity index (χ3v) is 3.07. The van der Waals surface area contributed by atoms with E-state index in [1.165, 1.54) is 19.8 Å². The maximum atomic E-state index is 11.8. The monoisotopic (exact) mass is 211 g/mol. The van der Waals surface area contributed by atoms with Crippen LogP contribution in [0.25, 0.3) is 0 Å². The normalized spacial score (nSPS) is 22.3. The van der Waals surface area contributed by atoms with Crippen molar-refractivity contribution in [2.24, 2.45) is 0 Å². The highest BCUT2D eigenvalue weighted by Crippen LogP contribution is 2.19. The molecule has 0 bridgehead atoms.